The van der Waals surface area contributed by atoms with Crippen molar-refractivity contribution in [3.63, 3.8) is 0 Å². The third kappa shape index (κ3) is 3.71. The van der Waals surface area contributed by atoms with Gasteiger partial charge in [0.25, 0.3) is 12.3 Å². The summed E-state index contributed by atoms with van der Waals surface area (Å²) in [6.45, 7) is 3.10. The lowest BCUT2D eigenvalue weighted by atomic mass is 10.0. The third-order valence-corrected chi connectivity index (χ3v) is 4.06. The lowest BCUT2D eigenvalue weighted by Gasteiger charge is -2.16. The average Bonchev–Trinajstić information content (AvgIpc) is 3.20. The number of rotatable bonds is 5. The summed E-state index contributed by atoms with van der Waals surface area (Å²) in [5, 5.41) is 6.56. The molecule has 27 heavy (non-hydrogen) atoms. The van der Waals surface area contributed by atoms with Crippen LogP contribution in [-0.4, -0.2) is 20.7 Å². The molecule has 1 N–H and O–H groups in total. The van der Waals surface area contributed by atoms with Crippen molar-refractivity contribution < 1.29 is 22.4 Å². The van der Waals surface area contributed by atoms with E-state index in [-0.39, 0.29) is 17.2 Å². The van der Waals surface area contributed by atoms with Gasteiger partial charge in [-0.05, 0) is 13.8 Å². The maximum atomic E-state index is 14.3. The Hall–Kier alpha value is -3.10. The highest BCUT2D eigenvalue weighted by atomic mass is 19.3. The van der Waals surface area contributed by atoms with Crippen molar-refractivity contribution >= 4 is 5.91 Å². The van der Waals surface area contributed by atoms with Gasteiger partial charge in [0.2, 0.25) is 11.7 Å². The fourth-order valence-electron chi connectivity index (χ4n) is 2.67. The van der Waals surface area contributed by atoms with Crippen molar-refractivity contribution in [2.24, 2.45) is 7.05 Å². The number of carbonyl (C=O) groups is 1. The zero-order valence-electron chi connectivity index (χ0n) is 14.8. The molecule has 0 spiro atoms. The lowest BCUT2D eigenvalue weighted by molar-refractivity contribution is 0.0911. The van der Waals surface area contributed by atoms with E-state index in [9.17, 15) is 18.0 Å². The van der Waals surface area contributed by atoms with E-state index >= 15 is 0 Å². The number of aromatic nitrogens is 3. The van der Waals surface area contributed by atoms with Gasteiger partial charge in [0.15, 0.2) is 0 Å². The monoisotopic (exact) mass is 378 g/mol. The van der Waals surface area contributed by atoms with E-state index in [0.717, 1.165) is 6.07 Å². The highest BCUT2D eigenvalue weighted by molar-refractivity contribution is 5.93. The fraction of sp³-hybridized carbons (Fsp3) is 0.278. The van der Waals surface area contributed by atoms with E-state index in [4.69, 9.17) is 4.42 Å². The largest absolute Gasteiger partial charge is 0.431 e. The summed E-state index contributed by atoms with van der Waals surface area (Å²) in [6.07, 6.45) is 0.285. The second kappa shape index (κ2) is 7.26. The number of benzene rings is 1. The van der Waals surface area contributed by atoms with Gasteiger partial charge in [0.1, 0.15) is 5.82 Å². The summed E-state index contributed by atoms with van der Waals surface area (Å²) < 4.78 is 47.1. The number of nitrogens with one attached hydrogen (secondary N) is 1. The van der Waals surface area contributed by atoms with Gasteiger partial charge in [-0.15, -0.1) is 0 Å². The molecule has 1 amide bonds. The van der Waals surface area contributed by atoms with E-state index in [2.05, 4.69) is 15.4 Å². The Morgan fingerprint density at radius 1 is 1.30 bits per heavy atom. The second-order valence-electron chi connectivity index (χ2n) is 6.08. The minimum absolute atomic E-state index is 0.0360. The topological polar surface area (TPSA) is 73.0 Å². The number of oxazole rings is 1. The van der Waals surface area contributed by atoms with Crippen LogP contribution in [0.4, 0.5) is 13.2 Å². The van der Waals surface area contributed by atoms with Crippen molar-refractivity contribution in [2.75, 3.05) is 0 Å². The minimum atomic E-state index is -2.94. The number of carbonyl (C=O) groups excluding carboxylic acids is 1. The van der Waals surface area contributed by atoms with Crippen molar-refractivity contribution in [1.29, 1.82) is 0 Å². The number of halogens is 3. The number of amides is 1. The van der Waals surface area contributed by atoms with Gasteiger partial charge in [0, 0.05) is 18.8 Å². The van der Waals surface area contributed by atoms with Gasteiger partial charge in [0.05, 0.1) is 29.1 Å². The van der Waals surface area contributed by atoms with Crippen molar-refractivity contribution in [3.05, 3.63) is 59.0 Å². The molecule has 0 radical (unpaired) electrons. The maximum absolute atomic E-state index is 14.3. The Bertz CT molecular complexity index is 981. The zero-order chi connectivity index (χ0) is 19.7. The van der Waals surface area contributed by atoms with Gasteiger partial charge in [-0.1, -0.05) is 18.2 Å². The second-order valence-corrected chi connectivity index (χ2v) is 6.08. The Morgan fingerprint density at radius 3 is 2.63 bits per heavy atom. The predicted molar refractivity (Wildman–Crippen MR) is 90.7 cm³/mol. The highest BCUT2D eigenvalue weighted by Gasteiger charge is 2.24. The minimum Gasteiger partial charge on any atom is -0.431 e. The average molecular weight is 378 g/mol. The molecular formula is C18H17F3N4O2. The summed E-state index contributed by atoms with van der Waals surface area (Å²) in [7, 11) is 1.73. The van der Waals surface area contributed by atoms with Gasteiger partial charge >= 0.3 is 0 Å². The van der Waals surface area contributed by atoms with Crippen LogP contribution >= 0.6 is 0 Å². The summed E-state index contributed by atoms with van der Waals surface area (Å²) in [6, 6.07) is 2.84. The van der Waals surface area contributed by atoms with E-state index in [1.807, 2.05) is 0 Å². The van der Waals surface area contributed by atoms with Crippen LogP contribution in [0.25, 0.3) is 11.5 Å². The molecular weight excluding hydrogens is 361 g/mol. The first kappa shape index (κ1) is 18.7. The van der Waals surface area contributed by atoms with Crippen LogP contribution in [0.1, 0.15) is 46.8 Å². The first-order valence-electron chi connectivity index (χ1n) is 8.11. The quantitative estimate of drug-likeness (QED) is 0.730. The molecule has 3 rings (SSSR count). The maximum Gasteiger partial charge on any atom is 0.289 e. The first-order chi connectivity index (χ1) is 12.8. The van der Waals surface area contributed by atoms with Crippen molar-refractivity contribution in [1.82, 2.24) is 20.1 Å². The molecule has 0 bridgehead atoms. The Balaban J connectivity index is 1.82. The van der Waals surface area contributed by atoms with Crippen LogP contribution in [0.5, 0.6) is 0 Å². The molecule has 142 valence electrons. The van der Waals surface area contributed by atoms with Gasteiger partial charge < -0.3 is 9.73 Å². The van der Waals surface area contributed by atoms with E-state index in [1.54, 1.807) is 31.0 Å². The molecule has 0 aliphatic rings. The van der Waals surface area contributed by atoms with Crippen molar-refractivity contribution in [2.45, 2.75) is 26.3 Å². The normalized spacial score (nSPS) is 12.4. The molecule has 1 atom stereocenters. The molecule has 0 saturated heterocycles. The highest BCUT2D eigenvalue weighted by Crippen LogP contribution is 2.28. The van der Waals surface area contributed by atoms with Crippen LogP contribution in [0, 0.1) is 12.7 Å². The molecule has 1 aromatic carbocycles. The van der Waals surface area contributed by atoms with Crippen LogP contribution in [0.15, 0.2) is 35.0 Å². The summed E-state index contributed by atoms with van der Waals surface area (Å²) in [5.74, 6) is -1.47. The van der Waals surface area contributed by atoms with E-state index < -0.39 is 29.8 Å². The molecule has 2 heterocycles. The Labute approximate surface area is 153 Å². The molecule has 0 saturated carbocycles. The number of aryl methyl sites for hydroxylation is 2. The molecule has 0 fully saturated rings. The molecule has 0 aliphatic heterocycles. The fourth-order valence-corrected chi connectivity index (χ4v) is 2.67. The number of alkyl halides is 2. The Morgan fingerprint density at radius 2 is 2.00 bits per heavy atom. The van der Waals surface area contributed by atoms with Crippen LogP contribution in [-0.2, 0) is 7.05 Å². The van der Waals surface area contributed by atoms with E-state index in [0.29, 0.717) is 11.3 Å². The van der Waals surface area contributed by atoms with Crippen molar-refractivity contribution in [3.8, 4) is 11.5 Å². The number of hydrogen-bond acceptors (Lipinski definition) is 4. The summed E-state index contributed by atoms with van der Waals surface area (Å²) in [5.41, 5.74) is 0.206. The van der Waals surface area contributed by atoms with Crippen LogP contribution in [0.2, 0.25) is 0 Å². The van der Waals surface area contributed by atoms with Crippen LogP contribution in [0.3, 0.4) is 0 Å². The Kier molecular flexibility index (Phi) is 5.02. The molecule has 9 heteroatoms. The summed E-state index contributed by atoms with van der Waals surface area (Å²) >= 11 is 0. The number of nitrogens with zero attached hydrogens (tertiary/aromatic N) is 3. The molecule has 3 aromatic rings. The SMILES string of the molecule is Cc1nc(-c2cnn(C)c2)oc1C(=O)N[C@H](C)c1cccc(C(F)F)c1F. The van der Waals surface area contributed by atoms with Crippen LogP contribution < -0.4 is 5.32 Å². The summed E-state index contributed by atoms with van der Waals surface area (Å²) in [4.78, 5) is 16.7. The predicted octanol–water partition coefficient (Wildman–Crippen LogP) is 3.95. The molecule has 6 nitrogen and oxygen atoms in total. The molecule has 0 unspecified atom stereocenters. The lowest BCUT2D eigenvalue weighted by Crippen LogP contribution is -2.27. The van der Waals surface area contributed by atoms with Gasteiger partial charge in [-0.25, -0.2) is 18.2 Å². The molecule has 0 aliphatic carbocycles. The smallest absolute Gasteiger partial charge is 0.289 e. The van der Waals surface area contributed by atoms with Gasteiger partial charge in [-0.2, -0.15) is 5.10 Å². The standard InChI is InChI=1S/C18H17F3N4O2/c1-9(12-5-4-6-13(14(12)19)16(20)21)23-17(26)15-10(2)24-18(27-15)11-7-22-25(3)8-11/h4-9,16H,1-3H3,(H,23,26)/t9-/m1/s1. The van der Waals surface area contributed by atoms with E-state index in [1.165, 1.54) is 19.1 Å². The first-order valence-corrected chi connectivity index (χ1v) is 8.11. The zero-order valence-corrected chi connectivity index (χ0v) is 14.8. The molecule has 2 aromatic heterocycles. The number of hydrogen-bond donors (Lipinski definition) is 1. The van der Waals surface area contributed by atoms with Gasteiger partial charge in [-0.3, -0.25) is 9.48 Å². The third-order valence-electron chi connectivity index (χ3n) is 4.06.